The summed E-state index contributed by atoms with van der Waals surface area (Å²) in [6.45, 7) is 4.98. The molecule has 1 atom stereocenters. The second-order valence-corrected chi connectivity index (χ2v) is 8.10. The fraction of sp³-hybridized carbons (Fsp3) is 0.917. The number of nitrogens with two attached hydrogens (primary N) is 2. The second-order valence-electron chi connectivity index (χ2n) is 8.10. The van der Waals surface area contributed by atoms with Crippen LogP contribution in [0.1, 0.15) is 116 Å². The Morgan fingerprint density at radius 3 is 1.74 bits per heavy atom. The fourth-order valence-corrected chi connectivity index (χ4v) is 3.59. The Kier molecular flexibility index (Phi) is 23.3. The minimum absolute atomic E-state index is 0.571. The molecule has 0 rings (SSSR count). The molecule has 0 aliphatic heterocycles. The molecule has 1 unspecified atom stereocenters. The van der Waals surface area contributed by atoms with Crippen LogP contribution in [0.4, 0.5) is 0 Å². The van der Waals surface area contributed by atoms with Crippen molar-refractivity contribution >= 4 is 0 Å². The highest BCUT2D eigenvalue weighted by Crippen LogP contribution is 2.10. The molecule has 0 bridgehead atoms. The predicted octanol–water partition coefficient (Wildman–Crippen LogP) is 6.07. The van der Waals surface area contributed by atoms with Gasteiger partial charge in [-0.3, -0.25) is 0 Å². The van der Waals surface area contributed by atoms with Gasteiger partial charge in [0.25, 0.3) is 0 Å². The third-order valence-electron chi connectivity index (χ3n) is 5.39. The van der Waals surface area contributed by atoms with Gasteiger partial charge < -0.3 is 16.8 Å². The smallest absolute Gasteiger partial charge is 0.00795 e. The fourth-order valence-electron chi connectivity index (χ4n) is 3.59. The van der Waals surface area contributed by atoms with Gasteiger partial charge in [-0.15, -0.1) is 0 Å². The van der Waals surface area contributed by atoms with E-state index in [1.807, 2.05) is 0 Å². The highest BCUT2D eigenvalue weighted by Gasteiger charge is 2.05. The average Bonchev–Trinajstić information content (AvgIpc) is 2.68. The standard InChI is InChI=1S/C24H51N3/c1-2-3-4-5-6-7-8-9-10-11-12-13-14-15-16-17-23-27-24(20-22-26)19-18-21-25/h9-10,24,27H,2-8,11-23,25-26H2,1H3/b10-9+. The summed E-state index contributed by atoms with van der Waals surface area (Å²) < 4.78 is 0. The summed E-state index contributed by atoms with van der Waals surface area (Å²) in [6, 6.07) is 0.571. The molecule has 0 saturated heterocycles. The van der Waals surface area contributed by atoms with Crippen LogP contribution in [0.15, 0.2) is 12.2 Å². The zero-order valence-corrected chi connectivity index (χ0v) is 18.5. The molecule has 0 fully saturated rings. The van der Waals surface area contributed by atoms with Gasteiger partial charge in [0, 0.05) is 6.04 Å². The van der Waals surface area contributed by atoms with E-state index >= 15 is 0 Å². The minimum Gasteiger partial charge on any atom is -0.330 e. The number of hydrogen-bond donors (Lipinski definition) is 3. The maximum Gasteiger partial charge on any atom is 0.00795 e. The van der Waals surface area contributed by atoms with Crippen LogP contribution in [0.2, 0.25) is 0 Å². The molecular formula is C24H51N3. The SMILES string of the molecule is CCCCCCCC/C=C/CCCCCCCCNC(CCN)CCCN. The molecule has 0 aliphatic rings. The van der Waals surface area contributed by atoms with Gasteiger partial charge in [0.05, 0.1) is 0 Å². The summed E-state index contributed by atoms with van der Waals surface area (Å²) in [7, 11) is 0. The van der Waals surface area contributed by atoms with Crippen molar-refractivity contribution in [2.45, 2.75) is 122 Å². The van der Waals surface area contributed by atoms with Crippen molar-refractivity contribution in [3.05, 3.63) is 12.2 Å². The number of unbranched alkanes of at least 4 members (excludes halogenated alkanes) is 12. The normalized spacial score (nSPS) is 12.9. The molecule has 0 aromatic heterocycles. The molecule has 3 nitrogen and oxygen atoms in total. The Labute approximate surface area is 171 Å². The number of allylic oxidation sites excluding steroid dienone is 2. The summed E-state index contributed by atoms with van der Waals surface area (Å²) in [5.41, 5.74) is 11.3. The van der Waals surface area contributed by atoms with Crippen molar-refractivity contribution < 1.29 is 0 Å². The predicted molar refractivity (Wildman–Crippen MR) is 123 cm³/mol. The van der Waals surface area contributed by atoms with Crippen LogP contribution in [0.5, 0.6) is 0 Å². The van der Waals surface area contributed by atoms with Crippen LogP contribution in [0, 0.1) is 0 Å². The summed E-state index contributed by atoms with van der Waals surface area (Å²) in [5.74, 6) is 0. The molecule has 0 saturated carbocycles. The van der Waals surface area contributed by atoms with E-state index in [4.69, 9.17) is 11.5 Å². The van der Waals surface area contributed by atoms with E-state index < -0.39 is 0 Å². The maximum absolute atomic E-state index is 5.69. The van der Waals surface area contributed by atoms with Gasteiger partial charge in [0.15, 0.2) is 0 Å². The van der Waals surface area contributed by atoms with E-state index in [1.165, 1.54) is 96.3 Å². The summed E-state index contributed by atoms with van der Waals surface area (Å²) >= 11 is 0. The largest absolute Gasteiger partial charge is 0.330 e. The zero-order valence-electron chi connectivity index (χ0n) is 18.5. The highest BCUT2D eigenvalue weighted by atomic mass is 14.9. The topological polar surface area (TPSA) is 64.1 Å². The summed E-state index contributed by atoms with van der Waals surface area (Å²) in [4.78, 5) is 0. The monoisotopic (exact) mass is 381 g/mol. The van der Waals surface area contributed by atoms with Crippen LogP contribution in [-0.4, -0.2) is 25.7 Å². The number of nitrogens with one attached hydrogen (secondary N) is 1. The van der Waals surface area contributed by atoms with Crippen LogP contribution < -0.4 is 16.8 Å². The van der Waals surface area contributed by atoms with Gasteiger partial charge in [-0.1, -0.05) is 76.9 Å². The van der Waals surface area contributed by atoms with Crippen molar-refractivity contribution in [1.82, 2.24) is 5.32 Å². The van der Waals surface area contributed by atoms with Crippen molar-refractivity contribution in [3.8, 4) is 0 Å². The van der Waals surface area contributed by atoms with Gasteiger partial charge in [-0.05, 0) is 71.0 Å². The molecule has 0 aliphatic carbocycles. The van der Waals surface area contributed by atoms with Crippen molar-refractivity contribution in [2.75, 3.05) is 19.6 Å². The van der Waals surface area contributed by atoms with E-state index in [-0.39, 0.29) is 0 Å². The third kappa shape index (κ3) is 21.8. The minimum atomic E-state index is 0.571. The van der Waals surface area contributed by atoms with Gasteiger partial charge in [-0.25, -0.2) is 0 Å². The first-order valence-electron chi connectivity index (χ1n) is 12.1. The Hall–Kier alpha value is -0.380. The first kappa shape index (κ1) is 26.6. The molecule has 0 heterocycles. The lowest BCUT2D eigenvalue weighted by atomic mass is 10.1. The average molecular weight is 382 g/mol. The lowest BCUT2D eigenvalue weighted by molar-refractivity contribution is 0.437. The lowest BCUT2D eigenvalue weighted by Crippen LogP contribution is -2.32. The Bertz CT molecular complexity index is 291. The highest BCUT2D eigenvalue weighted by molar-refractivity contribution is 4.81. The third-order valence-corrected chi connectivity index (χ3v) is 5.39. The molecule has 0 amide bonds. The maximum atomic E-state index is 5.69. The van der Waals surface area contributed by atoms with Crippen LogP contribution in [0.3, 0.4) is 0 Å². The molecule has 3 heteroatoms. The van der Waals surface area contributed by atoms with E-state index in [0.29, 0.717) is 6.04 Å². The number of hydrogen-bond acceptors (Lipinski definition) is 3. The van der Waals surface area contributed by atoms with Crippen molar-refractivity contribution in [2.24, 2.45) is 11.5 Å². The van der Waals surface area contributed by atoms with Crippen LogP contribution in [0.25, 0.3) is 0 Å². The summed E-state index contributed by atoms with van der Waals surface area (Å²) in [5, 5.41) is 3.66. The van der Waals surface area contributed by atoms with Crippen LogP contribution in [-0.2, 0) is 0 Å². The van der Waals surface area contributed by atoms with Gasteiger partial charge >= 0.3 is 0 Å². The quantitative estimate of drug-likeness (QED) is 0.157. The zero-order chi connectivity index (χ0) is 19.8. The van der Waals surface area contributed by atoms with E-state index in [9.17, 15) is 0 Å². The van der Waals surface area contributed by atoms with E-state index in [1.54, 1.807) is 0 Å². The summed E-state index contributed by atoms with van der Waals surface area (Å²) in [6.07, 6.45) is 27.3. The van der Waals surface area contributed by atoms with Crippen LogP contribution >= 0.6 is 0 Å². The Morgan fingerprint density at radius 2 is 1.19 bits per heavy atom. The molecule has 0 aromatic rings. The van der Waals surface area contributed by atoms with Gasteiger partial charge in [-0.2, -0.15) is 0 Å². The molecular weight excluding hydrogens is 330 g/mol. The first-order valence-corrected chi connectivity index (χ1v) is 12.1. The molecule has 27 heavy (non-hydrogen) atoms. The Morgan fingerprint density at radius 1 is 0.630 bits per heavy atom. The van der Waals surface area contributed by atoms with Gasteiger partial charge in [0.2, 0.25) is 0 Å². The molecule has 0 aromatic carbocycles. The van der Waals surface area contributed by atoms with E-state index in [0.717, 1.165) is 32.5 Å². The molecule has 5 N–H and O–H groups in total. The number of rotatable bonds is 22. The second kappa shape index (κ2) is 23.7. The van der Waals surface area contributed by atoms with Crippen molar-refractivity contribution in [3.63, 3.8) is 0 Å². The molecule has 0 spiro atoms. The van der Waals surface area contributed by atoms with Gasteiger partial charge in [0.1, 0.15) is 0 Å². The molecule has 162 valence electrons. The van der Waals surface area contributed by atoms with Crippen molar-refractivity contribution in [1.29, 1.82) is 0 Å². The van der Waals surface area contributed by atoms with E-state index in [2.05, 4.69) is 24.4 Å². The lowest BCUT2D eigenvalue weighted by Gasteiger charge is -2.17. The first-order chi connectivity index (χ1) is 13.3. The molecule has 0 radical (unpaired) electrons. The Balaban J connectivity index is 3.26.